The molecule has 4 atom stereocenters. The molecule has 0 bridgehead atoms. The summed E-state index contributed by atoms with van der Waals surface area (Å²) in [5.41, 5.74) is 4.47. The van der Waals surface area contributed by atoms with Crippen LogP contribution >= 0.6 is 11.8 Å². The van der Waals surface area contributed by atoms with Gasteiger partial charge in [-0.2, -0.15) is 5.10 Å². The minimum atomic E-state index is -0.812. The van der Waals surface area contributed by atoms with Gasteiger partial charge in [-0.3, -0.25) is 5.10 Å². The van der Waals surface area contributed by atoms with Crippen molar-refractivity contribution in [3.8, 4) is 0 Å². The number of hydrogen-bond donors (Lipinski definition) is 4. The molecule has 2 amide bonds. The normalized spacial score (nSPS) is 18.7. The topological polar surface area (TPSA) is 148 Å². The van der Waals surface area contributed by atoms with Gasteiger partial charge in [-0.05, 0) is 22.3 Å². The number of amides is 2. The van der Waals surface area contributed by atoms with Gasteiger partial charge in [0.05, 0.1) is 25.9 Å². The summed E-state index contributed by atoms with van der Waals surface area (Å²) >= 11 is 1.54. The molecule has 1 aliphatic heterocycles. The lowest BCUT2D eigenvalue weighted by molar-refractivity contribution is -0.245. The number of aromatic amines is 1. The number of hydrogen-bond acceptors (Lipinski definition) is 9. The van der Waals surface area contributed by atoms with Crippen molar-refractivity contribution in [3.05, 3.63) is 113 Å². The van der Waals surface area contributed by atoms with E-state index in [0.29, 0.717) is 18.6 Å². The van der Waals surface area contributed by atoms with E-state index in [9.17, 15) is 14.7 Å². The molecule has 4 N–H and O–H groups in total. The molecule has 12 heteroatoms. The summed E-state index contributed by atoms with van der Waals surface area (Å²) in [5.74, 6) is 0.148. The first kappa shape index (κ1) is 31.2. The van der Waals surface area contributed by atoms with Gasteiger partial charge in [0.15, 0.2) is 11.4 Å². The molecule has 1 aromatic heterocycles. The van der Waals surface area contributed by atoms with Crippen LogP contribution in [0.15, 0.2) is 90.3 Å². The van der Waals surface area contributed by atoms with Crippen LogP contribution in [0.2, 0.25) is 0 Å². The van der Waals surface area contributed by atoms with Crippen molar-refractivity contribution < 1.29 is 28.9 Å². The minimum absolute atomic E-state index is 0.0175. The fourth-order valence-electron chi connectivity index (χ4n) is 4.83. The highest BCUT2D eigenvalue weighted by Gasteiger charge is 2.32. The SMILES string of the molecule is COC(=O)[C@H](Cc1ccccc1)NC(=O)NCc1ccc([C@H]2O[C@@H](CSc3ncn[nH]3)C[C@@H](c3ccc(CO)cc3)O2)cc1. The van der Waals surface area contributed by atoms with Crippen LogP contribution in [0.3, 0.4) is 0 Å². The number of carbonyl (C=O) groups is 2. The first-order chi connectivity index (χ1) is 21.5. The number of aliphatic hydroxyl groups excluding tert-OH is 1. The van der Waals surface area contributed by atoms with E-state index in [0.717, 1.165) is 33.0 Å². The molecule has 2 heterocycles. The molecule has 0 unspecified atom stereocenters. The minimum Gasteiger partial charge on any atom is -0.467 e. The molecule has 5 rings (SSSR count). The number of thioether (sulfide) groups is 1. The number of nitrogens with one attached hydrogen (secondary N) is 3. The van der Waals surface area contributed by atoms with Crippen LogP contribution in [0.5, 0.6) is 0 Å². The van der Waals surface area contributed by atoms with Crippen molar-refractivity contribution in [2.24, 2.45) is 0 Å². The lowest BCUT2D eigenvalue weighted by atomic mass is 10.0. The Balaban J connectivity index is 1.20. The Hall–Kier alpha value is -4.23. The third kappa shape index (κ3) is 8.66. The maximum absolute atomic E-state index is 12.6. The van der Waals surface area contributed by atoms with Crippen molar-refractivity contribution in [2.75, 3.05) is 12.9 Å². The van der Waals surface area contributed by atoms with Gasteiger partial charge in [-0.15, -0.1) is 0 Å². The number of methoxy groups -OCH3 is 1. The summed E-state index contributed by atoms with van der Waals surface area (Å²) in [7, 11) is 1.30. The standard InChI is InChI=1S/C32H35N5O6S/c1-41-29(39)27(15-21-5-3-2-4-6-21)36-31(40)33-17-22-7-13-25(14-8-22)30-42-26(19-44-32-34-20-35-37-32)16-28(43-30)24-11-9-23(18-38)10-12-24/h2-14,20,26-28,30,38H,15-19H2,1H3,(H2,33,36,40)(H,34,35,37)/t26-,27+,28+,30+/m1/s1. The number of H-pyrrole nitrogens is 1. The molecule has 1 aliphatic rings. The van der Waals surface area contributed by atoms with Gasteiger partial charge in [0.2, 0.25) is 0 Å². The van der Waals surface area contributed by atoms with Crippen molar-refractivity contribution in [1.29, 1.82) is 0 Å². The van der Waals surface area contributed by atoms with Gasteiger partial charge in [-0.1, -0.05) is 90.6 Å². The van der Waals surface area contributed by atoms with Crippen LogP contribution in [-0.4, -0.2) is 57.3 Å². The molecule has 0 saturated carbocycles. The maximum Gasteiger partial charge on any atom is 0.328 e. The van der Waals surface area contributed by atoms with Crippen LogP contribution in [0, 0.1) is 0 Å². The number of aliphatic hydroxyl groups is 1. The van der Waals surface area contributed by atoms with Crippen molar-refractivity contribution in [3.63, 3.8) is 0 Å². The largest absolute Gasteiger partial charge is 0.467 e. The highest BCUT2D eigenvalue weighted by Crippen LogP contribution is 2.39. The smallest absolute Gasteiger partial charge is 0.328 e. The van der Waals surface area contributed by atoms with Crippen LogP contribution in [0.4, 0.5) is 4.79 Å². The Labute approximate surface area is 259 Å². The second-order valence-electron chi connectivity index (χ2n) is 10.3. The van der Waals surface area contributed by atoms with Crippen LogP contribution in [0.1, 0.15) is 46.6 Å². The summed E-state index contributed by atoms with van der Waals surface area (Å²) in [6.07, 6.45) is 1.53. The lowest BCUT2D eigenvalue weighted by Crippen LogP contribution is -2.47. The first-order valence-electron chi connectivity index (χ1n) is 14.2. The molecule has 1 fully saturated rings. The van der Waals surface area contributed by atoms with E-state index in [2.05, 4.69) is 25.8 Å². The van der Waals surface area contributed by atoms with E-state index in [4.69, 9.17) is 14.2 Å². The van der Waals surface area contributed by atoms with Crippen molar-refractivity contribution in [2.45, 2.75) is 55.7 Å². The van der Waals surface area contributed by atoms with E-state index < -0.39 is 24.3 Å². The van der Waals surface area contributed by atoms with Crippen LogP contribution in [-0.2, 0) is 38.6 Å². The monoisotopic (exact) mass is 617 g/mol. The Morgan fingerprint density at radius 3 is 2.41 bits per heavy atom. The number of rotatable bonds is 12. The second-order valence-corrected chi connectivity index (χ2v) is 11.3. The molecule has 230 valence electrons. The zero-order valence-corrected chi connectivity index (χ0v) is 25.0. The second kappa shape index (κ2) is 15.5. The molecule has 0 spiro atoms. The van der Waals surface area contributed by atoms with Gasteiger partial charge >= 0.3 is 12.0 Å². The van der Waals surface area contributed by atoms with E-state index in [1.165, 1.54) is 25.2 Å². The number of benzene rings is 3. The fraction of sp³-hybridized carbons (Fsp3) is 0.312. The Morgan fingerprint density at radius 1 is 1.00 bits per heavy atom. The molecule has 11 nitrogen and oxygen atoms in total. The van der Waals surface area contributed by atoms with E-state index in [1.807, 2.05) is 78.9 Å². The van der Waals surface area contributed by atoms with Crippen molar-refractivity contribution >= 4 is 23.8 Å². The van der Waals surface area contributed by atoms with Gasteiger partial charge < -0.3 is 30.0 Å². The summed E-state index contributed by atoms with van der Waals surface area (Å²) in [6, 6.07) is 23.5. The average Bonchev–Trinajstić information content (AvgIpc) is 3.60. The Kier molecular flexibility index (Phi) is 11.0. The number of nitrogens with zero attached hydrogens (tertiary/aromatic N) is 2. The van der Waals surface area contributed by atoms with E-state index in [-0.39, 0.29) is 25.4 Å². The third-order valence-electron chi connectivity index (χ3n) is 7.19. The van der Waals surface area contributed by atoms with Gasteiger partial charge in [0.25, 0.3) is 0 Å². The fourth-order valence-corrected chi connectivity index (χ4v) is 5.63. The predicted molar refractivity (Wildman–Crippen MR) is 163 cm³/mol. The van der Waals surface area contributed by atoms with E-state index >= 15 is 0 Å². The highest BCUT2D eigenvalue weighted by molar-refractivity contribution is 7.99. The van der Waals surface area contributed by atoms with Crippen LogP contribution < -0.4 is 10.6 Å². The number of aromatic nitrogens is 3. The lowest BCUT2D eigenvalue weighted by Gasteiger charge is -2.36. The van der Waals surface area contributed by atoms with Gasteiger partial charge in [-0.25, -0.2) is 14.6 Å². The summed E-state index contributed by atoms with van der Waals surface area (Å²) in [4.78, 5) is 29.1. The number of urea groups is 1. The molecular formula is C32H35N5O6S. The molecule has 0 radical (unpaired) electrons. The molecule has 3 aromatic carbocycles. The van der Waals surface area contributed by atoms with Crippen molar-refractivity contribution in [1.82, 2.24) is 25.8 Å². The number of ether oxygens (including phenoxy) is 3. The summed E-state index contributed by atoms with van der Waals surface area (Å²) in [5, 5.41) is 22.5. The maximum atomic E-state index is 12.6. The molecule has 44 heavy (non-hydrogen) atoms. The molecule has 4 aromatic rings. The first-order valence-corrected chi connectivity index (χ1v) is 15.2. The zero-order chi connectivity index (χ0) is 30.7. The molecular weight excluding hydrogens is 582 g/mol. The third-order valence-corrected chi connectivity index (χ3v) is 8.20. The number of esters is 1. The number of carbonyl (C=O) groups excluding carboxylic acids is 2. The van der Waals surface area contributed by atoms with Gasteiger partial charge in [0.1, 0.15) is 12.4 Å². The summed E-state index contributed by atoms with van der Waals surface area (Å²) in [6.45, 7) is 0.240. The summed E-state index contributed by atoms with van der Waals surface area (Å²) < 4.78 is 17.7. The van der Waals surface area contributed by atoms with Crippen LogP contribution in [0.25, 0.3) is 0 Å². The Morgan fingerprint density at radius 2 is 1.73 bits per heavy atom. The molecule has 1 saturated heterocycles. The van der Waals surface area contributed by atoms with E-state index in [1.54, 1.807) is 0 Å². The van der Waals surface area contributed by atoms with Gasteiger partial charge in [0, 0.05) is 30.7 Å². The Bertz CT molecular complexity index is 1470. The quantitative estimate of drug-likeness (QED) is 0.136. The average molecular weight is 618 g/mol. The molecule has 0 aliphatic carbocycles. The predicted octanol–water partition coefficient (Wildman–Crippen LogP) is 4.22. The zero-order valence-electron chi connectivity index (χ0n) is 24.2. The highest BCUT2D eigenvalue weighted by atomic mass is 32.2.